The molecule has 0 atom stereocenters. The fourth-order valence-corrected chi connectivity index (χ4v) is 1.95. The third-order valence-electron chi connectivity index (χ3n) is 1.10. The van der Waals surface area contributed by atoms with E-state index in [1.165, 1.54) is 6.08 Å². The second kappa shape index (κ2) is 6.03. The maximum atomic E-state index is 11.0. The van der Waals surface area contributed by atoms with Crippen molar-refractivity contribution in [1.82, 2.24) is 0 Å². The van der Waals surface area contributed by atoms with Gasteiger partial charge in [0.2, 0.25) is 0 Å². The van der Waals surface area contributed by atoms with Gasteiger partial charge in [0.1, 0.15) is 0 Å². The Morgan fingerprint density at radius 2 is 1.62 bits per heavy atom. The van der Waals surface area contributed by atoms with Crippen LogP contribution >= 0.6 is 0 Å². The maximum Gasteiger partial charge on any atom is 0.896 e. The van der Waals surface area contributed by atoms with Crippen LogP contribution < -0.4 is 0 Å². The Labute approximate surface area is 93.1 Å². The number of carbonyl (C=O) groups excluding carboxylic acids is 3. The van der Waals surface area contributed by atoms with Gasteiger partial charge in [0.05, 0.1) is 6.42 Å². The monoisotopic (exact) mass is 248 g/mol. The Morgan fingerprint density at radius 3 is 1.94 bits per heavy atom. The average molecular weight is 248 g/mol. The van der Waals surface area contributed by atoms with Crippen LogP contribution in [0, 0.1) is 0 Å². The van der Waals surface area contributed by atoms with Gasteiger partial charge in [-0.2, -0.15) is 0 Å². The summed E-state index contributed by atoms with van der Waals surface area (Å²) >= 11 is 0. The zero-order valence-electron chi connectivity index (χ0n) is 8.89. The van der Waals surface area contributed by atoms with Crippen LogP contribution in [0.15, 0.2) is 12.7 Å². The Bertz CT molecular complexity index is 296. The summed E-state index contributed by atoms with van der Waals surface area (Å²) in [5.74, 6) is -2.77. The zero-order chi connectivity index (χ0) is 12.8. The molecule has 0 saturated heterocycles. The van der Waals surface area contributed by atoms with E-state index in [0.717, 1.165) is 13.8 Å². The summed E-state index contributed by atoms with van der Waals surface area (Å²) < 4.78 is 13.0. The average Bonchev–Trinajstić information content (AvgIpc) is 1.98. The zero-order valence-corrected chi connectivity index (χ0v) is 9.89. The Kier molecular flexibility index (Phi) is 5.40. The summed E-state index contributed by atoms with van der Waals surface area (Å²) in [4.78, 5) is 41.8. The van der Waals surface area contributed by atoms with E-state index in [2.05, 4.69) is 19.9 Å². The molecular weight excluding hydrogens is 236 g/mol. The van der Waals surface area contributed by atoms with Crippen molar-refractivity contribution in [2.75, 3.05) is 0 Å². The normalized spacial score (nSPS) is 10.2. The van der Waals surface area contributed by atoms with Gasteiger partial charge in [0, 0.05) is 13.8 Å². The molecule has 0 fully saturated rings. The molecule has 0 radical (unpaired) electrons. The third kappa shape index (κ3) is 5.93. The summed E-state index contributed by atoms with van der Waals surface area (Å²) in [7, 11) is -4.57. The molecule has 0 heterocycles. The summed E-state index contributed by atoms with van der Waals surface area (Å²) in [6, 6.07) is 0. The lowest BCUT2D eigenvalue weighted by atomic mass is 10.4. The lowest BCUT2D eigenvalue weighted by molar-refractivity contribution is -0.154. The minimum absolute atomic E-state index is 0.210. The number of hydrogen-bond acceptors (Lipinski definition) is 7. The number of rotatable bonds is 5. The van der Waals surface area contributed by atoms with Gasteiger partial charge in [-0.1, -0.05) is 6.08 Å². The Balaban J connectivity index is 4.64. The van der Waals surface area contributed by atoms with Crippen molar-refractivity contribution in [3.05, 3.63) is 12.7 Å². The standard InChI is InChI=1S/C8H12O7Si/c1-4-5-8(11)15-16(12,13-6(2)9)14-7(3)10/h4,12H,1,5H2,2-3H3. The lowest BCUT2D eigenvalue weighted by Crippen LogP contribution is -2.50. The van der Waals surface area contributed by atoms with E-state index >= 15 is 0 Å². The van der Waals surface area contributed by atoms with Gasteiger partial charge in [0.25, 0.3) is 11.9 Å². The topological polar surface area (TPSA) is 99.1 Å². The fourth-order valence-electron chi connectivity index (χ4n) is 0.729. The summed E-state index contributed by atoms with van der Waals surface area (Å²) in [5.41, 5.74) is 0. The smallest absolute Gasteiger partial charge is 0.433 e. The van der Waals surface area contributed by atoms with Gasteiger partial charge in [-0.3, -0.25) is 14.4 Å². The molecule has 0 aromatic rings. The van der Waals surface area contributed by atoms with Gasteiger partial charge in [-0.05, 0) is 0 Å². The molecule has 16 heavy (non-hydrogen) atoms. The Morgan fingerprint density at radius 1 is 1.19 bits per heavy atom. The highest BCUT2D eigenvalue weighted by Gasteiger charge is 2.53. The molecule has 0 aliphatic rings. The van der Waals surface area contributed by atoms with E-state index in [1.807, 2.05) is 0 Å². The van der Waals surface area contributed by atoms with Gasteiger partial charge in [0.15, 0.2) is 0 Å². The molecule has 0 aliphatic heterocycles. The third-order valence-corrected chi connectivity index (χ3v) is 2.68. The molecule has 0 unspecified atom stereocenters. The predicted octanol–water partition coefficient (Wildman–Crippen LogP) is -0.340. The molecule has 0 spiro atoms. The highest BCUT2D eigenvalue weighted by molar-refractivity contribution is 6.57. The first-order valence-corrected chi connectivity index (χ1v) is 5.90. The number of carbonyl (C=O) groups is 3. The van der Waals surface area contributed by atoms with E-state index in [1.54, 1.807) is 0 Å². The van der Waals surface area contributed by atoms with Gasteiger partial charge in [-0.15, -0.1) is 6.58 Å². The summed E-state index contributed by atoms with van der Waals surface area (Å²) in [6.45, 7) is 5.22. The van der Waals surface area contributed by atoms with Crippen LogP contribution in [0.1, 0.15) is 20.3 Å². The van der Waals surface area contributed by atoms with Crippen LogP contribution in [-0.2, 0) is 27.7 Å². The Hall–Kier alpha value is -1.67. The first-order valence-electron chi connectivity index (χ1n) is 4.23. The molecule has 0 bridgehead atoms. The van der Waals surface area contributed by atoms with Crippen LogP contribution in [0.3, 0.4) is 0 Å². The molecular formula is C8H12O7Si. The highest BCUT2D eigenvalue weighted by atomic mass is 28.4. The van der Waals surface area contributed by atoms with Crippen LogP contribution in [0.2, 0.25) is 0 Å². The fraction of sp³-hybridized carbons (Fsp3) is 0.375. The minimum Gasteiger partial charge on any atom is -0.433 e. The summed E-state index contributed by atoms with van der Waals surface area (Å²) in [6.07, 6.45) is 1.01. The second-order valence-corrected chi connectivity index (χ2v) is 4.34. The van der Waals surface area contributed by atoms with E-state index in [4.69, 9.17) is 0 Å². The quantitative estimate of drug-likeness (QED) is 0.524. The lowest BCUT2D eigenvalue weighted by Gasteiger charge is -2.19. The number of hydrogen-bond donors (Lipinski definition) is 1. The van der Waals surface area contributed by atoms with Gasteiger partial charge >= 0.3 is 15.0 Å². The van der Waals surface area contributed by atoms with E-state index in [9.17, 15) is 19.2 Å². The van der Waals surface area contributed by atoms with Crippen LogP contribution in [0.4, 0.5) is 0 Å². The minimum atomic E-state index is -4.57. The molecule has 0 rings (SSSR count). The van der Waals surface area contributed by atoms with Crippen molar-refractivity contribution in [2.45, 2.75) is 20.3 Å². The van der Waals surface area contributed by atoms with Crippen molar-refractivity contribution in [1.29, 1.82) is 0 Å². The first kappa shape index (κ1) is 14.3. The first-order chi connectivity index (χ1) is 7.29. The van der Waals surface area contributed by atoms with Gasteiger partial charge in [-0.25, -0.2) is 0 Å². The van der Waals surface area contributed by atoms with Crippen molar-refractivity contribution in [2.24, 2.45) is 0 Å². The largest absolute Gasteiger partial charge is 0.896 e. The molecule has 0 amide bonds. The molecule has 90 valence electrons. The molecule has 0 aromatic carbocycles. The summed E-state index contributed by atoms with van der Waals surface area (Å²) in [5, 5.41) is 0. The predicted molar refractivity (Wildman–Crippen MR) is 52.4 cm³/mol. The van der Waals surface area contributed by atoms with E-state index < -0.39 is 27.0 Å². The van der Waals surface area contributed by atoms with Crippen molar-refractivity contribution >= 4 is 27.0 Å². The van der Waals surface area contributed by atoms with Crippen molar-refractivity contribution in [3.8, 4) is 0 Å². The molecule has 8 heteroatoms. The van der Waals surface area contributed by atoms with Crippen LogP contribution in [-0.4, -0.2) is 31.8 Å². The molecule has 0 aliphatic carbocycles. The van der Waals surface area contributed by atoms with E-state index in [0.29, 0.717) is 0 Å². The van der Waals surface area contributed by atoms with Crippen molar-refractivity contribution in [3.63, 3.8) is 0 Å². The van der Waals surface area contributed by atoms with E-state index in [-0.39, 0.29) is 6.42 Å². The second-order valence-electron chi connectivity index (χ2n) is 2.68. The van der Waals surface area contributed by atoms with Crippen LogP contribution in [0.5, 0.6) is 0 Å². The maximum absolute atomic E-state index is 11.0. The highest BCUT2D eigenvalue weighted by Crippen LogP contribution is 2.08. The molecule has 7 nitrogen and oxygen atoms in total. The SMILES string of the molecule is C=CCC(=O)O[Si](O)(OC(C)=O)OC(C)=O. The van der Waals surface area contributed by atoms with Gasteiger partial charge < -0.3 is 18.1 Å². The molecule has 1 N–H and O–H groups in total. The molecule has 0 saturated carbocycles. The van der Waals surface area contributed by atoms with Crippen LogP contribution in [0.25, 0.3) is 0 Å². The molecule has 0 aromatic heterocycles. The van der Waals surface area contributed by atoms with Crippen molar-refractivity contribution < 1.29 is 32.5 Å².